The summed E-state index contributed by atoms with van der Waals surface area (Å²) < 4.78 is 0. The smallest absolute Gasteiger partial charge is 0.225 e. The van der Waals surface area contributed by atoms with Crippen molar-refractivity contribution in [1.29, 1.82) is 0 Å². The molecule has 0 radical (unpaired) electrons. The third-order valence-corrected chi connectivity index (χ3v) is 4.22. The average molecular weight is 340 g/mol. The van der Waals surface area contributed by atoms with Gasteiger partial charge >= 0.3 is 0 Å². The van der Waals surface area contributed by atoms with E-state index in [-0.39, 0.29) is 5.91 Å². The molecule has 1 amide bonds. The molecule has 0 spiro atoms. The van der Waals surface area contributed by atoms with Gasteiger partial charge in [-0.05, 0) is 62.2 Å². The fourth-order valence-electron chi connectivity index (χ4n) is 2.72. The van der Waals surface area contributed by atoms with Crippen LogP contribution in [0, 0.1) is 6.92 Å². The average Bonchev–Trinajstić information content (AvgIpc) is 2.63. The number of aryl methyl sites for hydroxylation is 1. The molecule has 2 aromatic rings. The van der Waals surface area contributed by atoms with Gasteiger partial charge in [-0.1, -0.05) is 0 Å². The van der Waals surface area contributed by atoms with Crippen LogP contribution in [-0.2, 0) is 11.3 Å². The van der Waals surface area contributed by atoms with Crippen LogP contribution in [0.2, 0.25) is 0 Å². The molecule has 134 valence electrons. The minimum Gasteiger partial charge on any atom is -0.372 e. The highest BCUT2D eigenvalue weighted by Crippen LogP contribution is 2.22. The number of hydrogen-bond donors (Lipinski definition) is 2. The molecule has 0 bridgehead atoms. The van der Waals surface area contributed by atoms with Crippen LogP contribution in [0.3, 0.4) is 0 Å². The first-order valence-corrected chi connectivity index (χ1v) is 8.89. The Bertz CT molecular complexity index is 669. The normalized spacial score (nSPS) is 10.5. The van der Waals surface area contributed by atoms with E-state index in [1.807, 2.05) is 25.1 Å². The Morgan fingerprint density at radius 1 is 1.12 bits per heavy atom. The van der Waals surface area contributed by atoms with Crippen LogP contribution in [-0.4, -0.2) is 30.5 Å². The van der Waals surface area contributed by atoms with E-state index in [4.69, 9.17) is 0 Å². The van der Waals surface area contributed by atoms with Gasteiger partial charge in [-0.2, -0.15) is 0 Å². The van der Waals surface area contributed by atoms with Crippen molar-refractivity contribution >= 4 is 17.3 Å². The van der Waals surface area contributed by atoms with Crippen molar-refractivity contribution in [1.82, 2.24) is 10.3 Å². The van der Waals surface area contributed by atoms with E-state index >= 15 is 0 Å². The molecule has 1 heterocycles. The largest absolute Gasteiger partial charge is 0.372 e. The third-order valence-electron chi connectivity index (χ3n) is 4.22. The maximum absolute atomic E-state index is 12.1. The van der Waals surface area contributed by atoms with Gasteiger partial charge < -0.3 is 15.5 Å². The van der Waals surface area contributed by atoms with Gasteiger partial charge in [0.25, 0.3) is 0 Å². The second kappa shape index (κ2) is 9.79. The highest BCUT2D eigenvalue weighted by atomic mass is 16.1. The molecule has 0 atom stereocenters. The molecule has 0 saturated carbocycles. The van der Waals surface area contributed by atoms with Crippen LogP contribution in [0.4, 0.5) is 11.4 Å². The van der Waals surface area contributed by atoms with E-state index in [1.165, 1.54) is 11.3 Å². The van der Waals surface area contributed by atoms with Crippen LogP contribution < -0.4 is 15.5 Å². The van der Waals surface area contributed by atoms with Gasteiger partial charge in [0.15, 0.2) is 0 Å². The van der Waals surface area contributed by atoms with E-state index in [1.54, 1.807) is 12.4 Å². The first kappa shape index (κ1) is 18.9. The number of nitrogens with zero attached hydrogens (tertiary/aromatic N) is 2. The number of amides is 1. The fourth-order valence-corrected chi connectivity index (χ4v) is 2.72. The molecule has 0 aliphatic rings. The van der Waals surface area contributed by atoms with Crippen LogP contribution >= 0.6 is 0 Å². The number of rotatable bonds is 9. The van der Waals surface area contributed by atoms with Gasteiger partial charge in [-0.15, -0.1) is 0 Å². The number of nitrogens with one attached hydrogen (secondary N) is 2. The van der Waals surface area contributed by atoms with E-state index in [9.17, 15) is 4.79 Å². The maximum Gasteiger partial charge on any atom is 0.225 e. The number of carbonyl (C=O) groups is 1. The number of aromatic nitrogens is 1. The van der Waals surface area contributed by atoms with Crippen molar-refractivity contribution in [3.8, 4) is 0 Å². The molecule has 0 aliphatic heterocycles. The molecule has 25 heavy (non-hydrogen) atoms. The third kappa shape index (κ3) is 5.87. The number of pyridine rings is 1. The predicted molar refractivity (Wildman–Crippen MR) is 104 cm³/mol. The number of carbonyl (C=O) groups excluding carboxylic acids is 1. The summed E-state index contributed by atoms with van der Waals surface area (Å²) in [5.74, 6) is 0.0286. The Labute approximate surface area is 150 Å². The van der Waals surface area contributed by atoms with E-state index in [0.717, 1.165) is 30.9 Å². The van der Waals surface area contributed by atoms with Crippen LogP contribution in [0.1, 0.15) is 31.4 Å². The quantitative estimate of drug-likeness (QED) is 0.687. The van der Waals surface area contributed by atoms with Crippen LogP contribution in [0.15, 0.2) is 42.7 Å². The summed E-state index contributed by atoms with van der Waals surface area (Å²) in [6, 6.07) is 10.1. The van der Waals surface area contributed by atoms with Crippen molar-refractivity contribution in [3.63, 3.8) is 0 Å². The van der Waals surface area contributed by atoms with Crippen molar-refractivity contribution in [3.05, 3.63) is 53.9 Å². The van der Waals surface area contributed by atoms with Crippen molar-refractivity contribution in [2.75, 3.05) is 29.9 Å². The molecular weight excluding hydrogens is 312 g/mol. The molecule has 2 N–H and O–H groups in total. The first-order chi connectivity index (χ1) is 12.1. The Morgan fingerprint density at radius 3 is 2.48 bits per heavy atom. The van der Waals surface area contributed by atoms with Gasteiger partial charge in [-0.3, -0.25) is 9.78 Å². The van der Waals surface area contributed by atoms with E-state index < -0.39 is 0 Å². The van der Waals surface area contributed by atoms with Gasteiger partial charge in [0.2, 0.25) is 5.91 Å². The molecule has 0 saturated heterocycles. The highest BCUT2D eigenvalue weighted by molar-refractivity contribution is 5.91. The zero-order valence-electron chi connectivity index (χ0n) is 15.4. The predicted octanol–water partition coefficient (Wildman–Crippen LogP) is 3.35. The lowest BCUT2D eigenvalue weighted by Gasteiger charge is -2.22. The summed E-state index contributed by atoms with van der Waals surface area (Å²) in [5, 5.41) is 6.28. The number of benzene rings is 1. The maximum atomic E-state index is 12.1. The summed E-state index contributed by atoms with van der Waals surface area (Å²) in [7, 11) is 0. The summed E-state index contributed by atoms with van der Waals surface area (Å²) >= 11 is 0. The molecule has 5 nitrogen and oxygen atoms in total. The summed E-state index contributed by atoms with van der Waals surface area (Å²) in [6.07, 6.45) is 3.99. The van der Waals surface area contributed by atoms with Crippen molar-refractivity contribution in [2.45, 2.75) is 33.7 Å². The van der Waals surface area contributed by atoms with Gasteiger partial charge in [0.1, 0.15) is 0 Å². The lowest BCUT2D eigenvalue weighted by molar-refractivity contribution is -0.116. The Balaban J connectivity index is 1.80. The van der Waals surface area contributed by atoms with E-state index in [2.05, 4.69) is 46.5 Å². The molecule has 1 aromatic heterocycles. The van der Waals surface area contributed by atoms with Crippen molar-refractivity contribution < 1.29 is 4.79 Å². The molecule has 2 rings (SSSR count). The van der Waals surface area contributed by atoms with Crippen molar-refractivity contribution in [2.24, 2.45) is 0 Å². The second-order valence-electron chi connectivity index (χ2n) is 6.00. The monoisotopic (exact) mass is 340 g/mol. The molecule has 0 unspecified atom stereocenters. The lowest BCUT2D eigenvalue weighted by Crippen LogP contribution is -2.23. The Morgan fingerprint density at radius 2 is 1.84 bits per heavy atom. The fraction of sp³-hybridized carbons (Fsp3) is 0.400. The lowest BCUT2D eigenvalue weighted by atomic mass is 10.1. The molecular formula is C20H28N4O. The number of hydrogen-bond acceptors (Lipinski definition) is 4. The molecule has 1 aromatic carbocycles. The van der Waals surface area contributed by atoms with Crippen LogP contribution in [0.25, 0.3) is 0 Å². The minimum absolute atomic E-state index is 0.0286. The highest BCUT2D eigenvalue weighted by Gasteiger charge is 2.08. The summed E-state index contributed by atoms with van der Waals surface area (Å²) in [4.78, 5) is 18.4. The van der Waals surface area contributed by atoms with E-state index in [0.29, 0.717) is 13.0 Å². The minimum atomic E-state index is 0.0286. The molecule has 0 fully saturated rings. The Kier molecular flexibility index (Phi) is 7.41. The standard InChI is InChI=1S/C20H28N4O/c1-4-24(5-2)18-6-7-19(16(3)14-18)23-20(25)10-13-22-15-17-8-11-21-12-9-17/h6-9,11-12,14,22H,4-5,10,13,15H2,1-3H3,(H,23,25). The van der Waals surface area contributed by atoms with Gasteiger partial charge in [0.05, 0.1) is 0 Å². The van der Waals surface area contributed by atoms with Gasteiger partial charge in [0, 0.05) is 56.4 Å². The topological polar surface area (TPSA) is 57.3 Å². The Hall–Kier alpha value is -2.40. The molecule has 0 aliphatic carbocycles. The SMILES string of the molecule is CCN(CC)c1ccc(NC(=O)CCNCc2ccncc2)c(C)c1. The second-order valence-corrected chi connectivity index (χ2v) is 6.00. The van der Waals surface area contributed by atoms with Gasteiger partial charge in [-0.25, -0.2) is 0 Å². The molecule has 5 heteroatoms. The summed E-state index contributed by atoms with van der Waals surface area (Å²) in [5.41, 5.74) is 4.33. The zero-order chi connectivity index (χ0) is 18.1. The van der Waals surface area contributed by atoms with Crippen LogP contribution in [0.5, 0.6) is 0 Å². The first-order valence-electron chi connectivity index (χ1n) is 8.89. The number of anilines is 2. The zero-order valence-corrected chi connectivity index (χ0v) is 15.4. The summed E-state index contributed by atoms with van der Waals surface area (Å²) in [6.45, 7) is 9.67.